The van der Waals surface area contributed by atoms with Crippen molar-refractivity contribution in [3.05, 3.63) is 83.5 Å². The number of piperidine rings is 1. The van der Waals surface area contributed by atoms with Crippen LogP contribution in [0.25, 0.3) is 10.9 Å². The molecule has 0 radical (unpaired) electrons. The number of hydrogen-bond acceptors (Lipinski definition) is 4. The number of nitrogens with one attached hydrogen (secondary N) is 1. The minimum atomic E-state index is -0.369. The van der Waals surface area contributed by atoms with Gasteiger partial charge in [-0.25, -0.2) is 9.37 Å². The van der Waals surface area contributed by atoms with Crippen LogP contribution in [0.2, 0.25) is 0 Å². The predicted molar refractivity (Wildman–Crippen MR) is 118 cm³/mol. The normalized spacial score (nSPS) is 16.4. The van der Waals surface area contributed by atoms with E-state index < -0.39 is 0 Å². The summed E-state index contributed by atoms with van der Waals surface area (Å²) < 4.78 is 25.5. The molecular weight excluding hydrogens is 409 g/mol. The van der Waals surface area contributed by atoms with Crippen LogP contribution in [0.3, 0.4) is 0 Å². The van der Waals surface area contributed by atoms with E-state index in [0.717, 1.165) is 36.3 Å². The number of fused-ring (bicyclic) bond motifs is 1. The lowest BCUT2D eigenvalue weighted by Crippen LogP contribution is -2.38. The smallest absolute Gasteiger partial charge is 0.270 e. The van der Waals surface area contributed by atoms with Crippen molar-refractivity contribution < 1.29 is 18.3 Å². The van der Waals surface area contributed by atoms with Crippen molar-refractivity contribution in [3.63, 3.8) is 0 Å². The summed E-state index contributed by atoms with van der Waals surface area (Å²) in [5, 5.41) is 0.679. The Balaban J connectivity index is 1.38. The average Bonchev–Trinajstić information content (AvgIpc) is 3.47. The number of aromatic nitrogens is 2. The first-order valence-electron chi connectivity index (χ1n) is 10.8. The molecule has 1 aliphatic rings. The van der Waals surface area contributed by atoms with Gasteiger partial charge >= 0.3 is 0 Å². The number of H-pyrrole nitrogens is 1. The Morgan fingerprint density at radius 3 is 2.97 bits per heavy atom. The number of methoxy groups -OCH3 is 1. The lowest BCUT2D eigenvalue weighted by atomic mass is 10.0. The van der Waals surface area contributed by atoms with Crippen LogP contribution in [-0.2, 0) is 6.42 Å². The van der Waals surface area contributed by atoms with E-state index in [4.69, 9.17) is 9.15 Å². The largest absolute Gasteiger partial charge is 0.497 e. The van der Waals surface area contributed by atoms with Crippen LogP contribution in [0.15, 0.2) is 59.1 Å². The summed E-state index contributed by atoms with van der Waals surface area (Å²) in [6.07, 6.45) is 4.99. The van der Waals surface area contributed by atoms with Gasteiger partial charge in [-0.15, -0.1) is 0 Å². The second kappa shape index (κ2) is 8.49. The summed E-state index contributed by atoms with van der Waals surface area (Å²) >= 11 is 0. The Morgan fingerprint density at radius 2 is 2.12 bits per heavy atom. The summed E-state index contributed by atoms with van der Waals surface area (Å²) in [5.41, 5.74) is 1.78. The van der Waals surface area contributed by atoms with E-state index in [0.29, 0.717) is 35.5 Å². The van der Waals surface area contributed by atoms with Crippen LogP contribution in [0.1, 0.15) is 53.0 Å². The first kappa shape index (κ1) is 20.3. The van der Waals surface area contributed by atoms with Gasteiger partial charge in [-0.1, -0.05) is 24.3 Å². The fourth-order valence-electron chi connectivity index (χ4n) is 4.36. The standard InChI is InChI=1S/C25H24FN3O3/c1-31-18-8-4-6-16(12-18)13-19-15-27-24(32-19)22-10-2-3-11-29(22)25(30)21-14-17-7-5-9-20(26)23(17)28-21/h4-9,12,14-15,22,28H,2-3,10-11,13H2,1H3. The maximum absolute atomic E-state index is 14.1. The summed E-state index contributed by atoms with van der Waals surface area (Å²) in [4.78, 5) is 22.6. The third kappa shape index (κ3) is 3.86. The molecule has 1 atom stereocenters. The number of oxazole rings is 1. The topological polar surface area (TPSA) is 71.4 Å². The fraction of sp³-hybridized carbons (Fsp3) is 0.280. The van der Waals surface area contributed by atoms with Crippen LogP contribution in [0.5, 0.6) is 5.75 Å². The number of benzene rings is 2. The second-order valence-electron chi connectivity index (χ2n) is 8.09. The number of rotatable bonds is 5. The molecule has 4 aromatic rings. The highest BCUT2D eigenvalue weighted by atomic mass is 19.1. The van der Waals surface area contributed by atoms with Crippen LogP contribution >= 0.6 is 0 Å². The number of halogens is 1. The molecule has 1 saturated heterocycles. The minimum Gasteiger partial charge on any atom is -0.497 e. The quantitative estimate of drug-likeness (QED) is 0.466. The Morgan fingerprint density at radius 1 is 1.25 bits per heavy atom. The molecule has 3 heterocycles. The molecule has 164 valence electrons. The van der Waals surface area contributed by atoms with E-state index >= 15 is 0 Å². The Bertz CT molecular complexity index is 1260. The SMILES string of the molecule is COc1cccc(Cc2cnc(C3CCCCN3C(=O)c3cc4cccc(F)c4[nH]3)o2)c1. The molecule has 0 saturated carbocycles. The molecule has 1 amide bonds. The van der Waals surface area contributed by atoms with E-state index in [-0.39, 0.29) is 17.8 Å². The van der Waals surface area contributed by atoms with E-state index in [1.54, 1.807) is 36.4 Å². The first-order valence-corrected chi connectivity index (χ1v) is 10.8. The molecule has 0 spiro atoms. The summed E-state index contributed by atoms with van der Waals surface area (Å²) in [7, 11) is 1.64. The number of ether oxygens (including phenoxy) is 1. The maximum Gasteiger partial charge on any atom is 0.270 e. The van der Waals surface area contributed by atoms with Crippen LogP contribution in [0.4, 0.5) is 4.39 Å². The third-order valence-corrected chi connectivity index (χ3v) is 5.97. The predicted octanol–water partition coefficient (Wildman–Crippen LogP) is 5.26. The number of para-hydroxylation sites is 1. The van der Waals surface area contributed by atoms with Crippen molar-refractivity contribution in [1.82, 2.24) is 14.9 Å². The van der Waals surface area contributed by atoms with Crippen LogP contribution in [-0.4, -0.2) is 34.4 Å². The van der Waals surface area contributed by atoms with Gasteiger partial charge in [0.05, 0.1) is 18.8 Å². The lowest BCUT2D eigenvalue weighted by Gasteiger charge is -2.33. The summed E-state index contributed by atoms with van der Waals surface area (Å²) in [5.74, 6) is 1.53. The van der Waals surface area contributed by atoms with Crippen molar-refractivity contribution in [3.8, 4) is 5.75 Å². The molecule has 1 aliphatic heterocycles. The van der Waals surface area contributed by atoms with Crippen LogP contribution < -0.4 is 4.74 Å². The zero-order valence-electron chi connectivity index (χ0n) is 17.8. The molecule has 2 aromatic heterocycles. The Hall–Kier alpha value is -3.61. The van der Waals surface area contributed by atoms with Gasteiger partial charge in [-0.05, 0) is 49.1 Å². The minimum absolute atomic E-state index is 0.169. The summed E-state index contributed by atoms with van der Waals surface area (Å²) in [6.45, 7) is 0.606. The van der Waals surface area contributed by atoms with Gasteiger partial charge in [0.15, 0.2) is 0 Å². The first-order chi connectivity index (χ1) is 15.6. The molecule has 1 unspecified atom stereocenters. The van der Waals surface area contributed by atoms with Gasteiger partial charge in [-0.3, -0.25) is 4.79 Å². The fourth-order valence-corrected chi connectivity index (χ4v) is 4.36. The number of amides is 1. The molecule has 6 nitrogen and oxygen atoms in total. The molecule has 7 heteroatoms. The van der Waals surface area contributed by atoms with Gasteiger partial charge < -0.3 is 19.0 Å². The zero-order chi connectivity index (χ0) is 22.1. The molecule has 0 aliphatic carbocycles. The van der Waals surface area contributed by atoms with Gasteiger partial charge in [-0.2, -0.15) is 0 Å². The Labute approximate surface area is 185 Å². The highest BCUT2D eigenvalue weighted by Gasteiger charge is 2.32. The van der Waals surface area contributed by atoms with E-state index in [9.17, 15) is 9.18 Å². The van der Waals surface area contributed by atoms with E-state index in [1.165, 1.54) is 6.07 Å². The van der Waals surface area contributed by atoms with Crippen LogP contribution in [0, 0.1) is 5.82 Å². The zero-order valence-corrected chi connectivity index (χ0v) is 17.8. The van der Waals surface area contributed by atoms with E-state index in [1.807, 2.05) is 24.3 Å². The molecule has 1 fully saturated rings. The number of carbonyl (C=O) groups is 1. The summed E-state index contributed by atoms with van der Waals surface area (Å²) in [6, 6.07) is 14.1. The highest BCUT2D eigenvalue weighted by molar-refractivity contribution is 5.98. The monoisotopic (exact) mass is 433 g/mol. The number of aromatic amines is 1. The van der Waals surface area contributed by atoms with Gasteiger partial charge in [0.25, 0.3) is 5.91 Å². The highest BCUT2D eigenvalue weighted by Crippen LogP contribution is 2.33. The van der Waals surface area contributed by atoms with Gasteiger partial charge in [0, 0.05) is 18.4 Å². The lowest BCUT2D eigenvalue weighted by molar-refractivity contribution is 0.0565. The third-order valence-electron chi connectivity index (χ3n) is 5.97. The Kier molecular flexibility index (Phi) is 5.39. The van der Waals surface area contributed by atoms with E-state index in [2.05, 4.69) is 9.97 Å². The van der Waals surface area contributed by atoms with Crippen molar-refractivity contribution >= 4 is 16.8 Å². The maximum atomic E-state index is 14.1. The van der Waals surface area contributed by atoms with Crippen molar-refractivity contribution in [2.75, 3.05) is 13.7 Å². The number of hydrogen-bond donors (Lipinski definition) is 1. The number of likely N-dealkylation sites (tertiary alicyclic amines) is 1. The molecule has 1 N–H and O–H groups in total. The van der Waals surface area contributed by atoms with Crippen molar-refractivity contribution in [1.29, 1.82) is 0 Å². The van der Waals surface area contributed by atoms with Crippen molar-refractivity contribution in [2.24, 2.45) is 0 Å². The molecular formula is C25H24FN3O3. The number of nitrogens with zero attached hydrogens (tertiary/aromatic N) is 2. The molecule has 5 rings (SSSR count). The van der Waals surface area contributed by atoms with Gasteiger partial charge in [0.2, 0.25) is 5.89 Å². The molecule has 0 bridgehead atoms. The molecule has 32 heavy (non-hydrogen) atoms. The van der Waals surface area contributed by atoms with Gasteiger partial charge in [0.1, 0.15) is 29.1 Å². The van der Waals surface area contributed by atoms with Crippen molar-refractivity contribution in [2.45, 2.75) is 31.7 Å². The second-order valence-corrected chi connectivity index (χ2v) is 8.09. The average molecular weight is 433 g/mol. The molecule has 2 aromatic carbocycles. The number of carbonyl (C=O) groups excluding carboxylic acids is 1.